The number of benzene rings is 6. The fraction of sp³-hybridized carbons (Fsp3) is 0.232. The Morgan fingerprint density at radius 1 is 0.787 bits per heavy atom. The SMILES string of the molecule is C=N/C(=C\Cc1ccc2c3c(ccc2c1)CCC=C3)c1ccccc1-c1cccc2c1/C=C\C1=C(c3ccccc3C1(C)C)C(CO)O2.CCC.CN.NCc1ccccc1. The highest BCUT2D eigenvalue weighted by Gasteiger charge is 2.40. The third-order valence-electron chi connectivity index (χ3n) is 11.4. The number of ether oxygens (including phenoxy) is 1. The van der Waals surface area contributed by atoms with Crippen LogP contribution >= 0.6 is 0 Å². The first-order chi connectivity index (χ1) is 29.8. The minimum Gasteiger partial charge on any atom is -0.483 e. The fourth-order valence-corrected chi connectivity index (χ4v) is 8.56. The van der Waals surface area contributed by atoms with Crippen molar-refractivity contribution in [2.24, 2.45) is 16.5 Å². The number of aliphatic hydroxyl groups excluding tert-OH is 1. The number of fused-ring (bicyclic) bond motifs is 6. The van der Waals surface area contributed by atoms with Gasteiger partial charge in [0.15, 0.2) is 0 Å². The molecule has 0 fully saturated rings. The van der Waals surface area contributed by atoms with Crippen molar-refractivity contribution in [1.82, 2.24) is 0 Å². The Labute approximate surface area is 363 Å². The van der Waals surface area contributed by atoms with Crippen LogP contribution in [0.2, 0.25) is 0 Å². The van der Waals surface area contributed by atoms with Crippen LogP contribution in [0.5, 0.6) is 5.75 Å². The molecule has 0 amide bonds. The first-order valence-corrected chi connectivity index (χ1v) is 21.5. The lowest BCUT2D eigenvalue weighted by molar-refractivity contribution is 0.156. The molecule has 2 aliphatic carbocycles. The molecule has 0 radical (unpaired) electrons. The van der Waals surface area contributed by atoms with Gasteiger partial charge in [0.25, 0.3) is 0 Å². The van der Waals surface area contributed by atoms with Crippen molar-refractivity contribution in [2.75, 3.05) is 13.7 Å². The minimum atomic E-state index is -0.481. The Hall–Kier alpha value is -6.11. The molecule has 0 bridgehead atoms. The van der Waals surface area contributed by atoms with Crippen molar-refractivity contribution in [3.8, 4) is 16.9 Å². The predicted molar refractivity (Wildman–Crippen MR) is 262 cm³/mol. The van der Waals surface area contributed by atoms with E-state index in [4.69, 9.17) is 10.5 Å². The summed E-state index contributed by atoms with van der Waals surface area (Å²) in [6, 6.07) is 44.4. The van der Waals surface area contributed by atoms with Gasteiger partial charge >= 0.3 is 0 Å². The summed E-state index contributed by atoms with van der Waals surface area (Å²) in [5, 5.41) is 13.2. The number of hydrogen-bond acceptors (Lipinski definition) is 5. The van der Waals surface area contributed by atoms with Crippen LogP contribution in [-0.4, -0.2) is 31.6 Å². The first-order valence-electron chi connectivity index (χ1n) is 21.5. The smallest absolute Gasteiger partial charge is 0.148 e. The molecule has 312 valence electrons. The number of aryl methyl sites for hydroxylation is 1. The number of aliphatic hydroxyl groups is 1. The number of allylic oxidation sites excluding steroid dienone is 4. The van der Waals surface area contributed by atoms with Crippen LogP contribution in [0.4, 0.5) is 0 Å². The van der Waals surface area contributed by atoms with Gasteiger partial charge in [0.05, 0.1) is 12.3 Å². The molecule has 3 aliphatic rings. The van der Waals surface area contributed by atoms with E-state index in [0.717, 1.165) is 64.1 Å². The van der Waals surface area contributed by atoms with Crippen molar-refractivity contribution in [2.45, 2.75) is 71.4 Å². The van der Waals surface area contributed by atoms with Crippen LogP contribution in [0.15, 0.2) is 156 Å². The zero-order chi connectivity index (χ0) is 43.4. The quantitative estimate of drug-likeness (QED) is 0.140. The van der Waals surface area contributed by atoms with Gasteiger partial charge in [-0.05, 0) is 99.9 Å². The van der Waals surface area contributed by atoms with Gasteiger partial charge in [-0.25, -0.2) is 0 Å². The van der Waals surface area contributed by atoms with Gasteiger partial charge < -0.3 is 21.3 Å². The zero-order valence-corrected chi connectivity index (χ0v) is 36.5. The fourth-order valence-electron chi connectivity index (χ4n) is 8.56. The zero-order valence-electron chi connectivity index (χ0n) is 36.5. The number of nitrogens with zero attached hydrogens (tertiary/aromatic N) is 1. The molecule has 1 unspecified atom stereocenters. The second-order valence-corrected chi connectivity index (χ2v) is 15.9. The lowest BCUT2D eigenvalue weighted by atomic mass is 9.80. The molecular weight excluding hydrogens is 747 g/mol. The van der Waals surface area contributed by atoms with Crippen LogP contribution in [0, 0.1) is 0 Å². The lowest BCUT2D eigenvalue weighted by Gasteiger charge is -2.27. The molecule has 0 saturated heterocycles. The third-order valence-corrected chi connectivity index (χ3v) is 11.4. The summed E-state index contributed by atoms with van der Waals surface area (Å²) in [5.41, 5.74) is 24.5. The summed E-state index contributed by atoms with van der Waals surface area (Å²) in [7, 11) is 1.50. The van der Waals surface area contributed by atoms with Crippen molar-refractivity contribution in [3.63, 3.8) is 0 Å². The normalized spacial score (nSPS) is 15.9. The van der Waals surface area contributed by atoms with Crippen LogP contribution in [0.1, 0.15) is 85.0 Å². The lowest BCUT2D eigenvalue weighted by Crippen LogP contribution is -2.25. The van der Waals surface area contributed by atoms with Gasteiger partial charge in [0.1, 0.15) is 11.9 Å². The molecule has 5 heteroatoms. The van der Waals surface area contributed by atoms with E-state index in [2.05, 4.69) is 160 Å². The standard InChI is InChI=1S/C45H39NO2.C7H9N.C3H8.CH5N/c1-45(2)39-17-9-8-15-38(39)44-40(45)25-24-37-35(16-10-18-42(37)48-43(44)28-47)34-13-6-7-14-36(34)41(46-3)26-20-29-19-23-33-31(27-29)22-21-30-11-4-5-12-32(30)33;8-6-7-4-2-1-3-5-7;1-3-2;1-2/h5-10,12-19,21-27,43,47H,3-4,11,20,28H2,1-2H3;1-5H,6,8H2;3H2,1-2H3;2H2,1H3/b25-24-,41-26-;;;. The van der Waals surface area contributed by atoms with Gasteiger partial charge in [-0.15, -0.1) is 0 Å². The van der Waals surface area contributed by atoms with E-state index < -0.39 is 6.10 Å². The number of hydrogen-bond donors (Lipinski definition) is 3. The summed E-state index contributed by atoms with van der Waals surface area (Å²) in [6.07, 6.45) is 14.9. The number of rotatable bonds is 7. The monoisotopic (exact) mass is 807 g/mol. The highest BCUT2D eigenvalue weighted by atomic mass is 16.5. The molecule has 9 rings (SSSR count). The summed E-state index contributed by atoms with van der Waals surface area (Å²) in [4.78, 5) is 4.55. The topological polar surface area (TPSA) is 93.9 Å². The van der Waals surface area contributed by atoms with Gasteiger partial charge in [-0.3, -0.25) is 4.99 Å². The van der Waals surface area contributed by atoms with Gasteiger partial charge in [0, 0.05) is 28.7 Å². The van der Waals surface area contributed by atoms with E-state index in [1.54, 1.807) is 0 Å². The van der Waals surface area contributed by atoms with Crippen LogP contribution in [0.3, 0.4) is 0 Å². The van der Waals surface area contributed by atoms with E-state index >= 15 is 0 Å². The van der Waals surface area contributed by atoms with E-state index in [-0.39, 0.29) is 12.0 Å². The van der Waals surface area contributed by atoms with E-state index in [1.807, 2.05) is 42.5 Å². The van der Waals surface area contributed by atoms with Gasteiger partial charge in [-0.2, -0.15) is 0 Å². The molecule has 1 atom stereocenters. The molecule has 0 aromatic heterocycles. The largest absolute Gasteiger partial charge is 0.483 e. The average molecular weight is 808 g/mol. The van der Waals surface area contributed by atoms with Gasteiger partial charge in [0.2, 0.25) is 0 Å². The molecule has 1 heterocycles. The molecule has 6 aromatic carbocycles. The maximum atomic E-state index is 10.7. The third kappa shape index (κ3) is 9.61. The van der Waals surface area contributed by atoms with Crippen molar-refractivity contribution >= 4 is 40.9 Å². The molecule has 5 N–H and O–H groups in total. The Kier molecular flexibility index (Phi) is 15.2. The molecular formula is C56H61N3O2. The maximum absolute atomic E-state index is 10.7. The summed E-state index contributed by atoms with van der Waals surface area (Å²) >= 11 is 0. The van der Waals surface area contributed by atoms with E-state index in [1.165, 1.54) is 57.6 Å². The Bertz CT molecular complexity index is 2580. The summed E-state index contributed by atoms with van der Waals surface area (Å²) in [6.45, 7) is 13.3. The number of aliphatic imine (C=N–C) groups is 1. The Morgan fingerprint density at radius 2 is 1.49 bits per heavy atom. The molecule has 1 aliphatic heterocycles. The van der Waals surface area contributed by atoms with Crippen LogP contribution in [0.25, 0.3) is 45.3 Å². The maximum Gasteiger partial charge on any atom is 0.148 e. The van der Waals surface area contributed by atoms with Crippen molar-refractivity contribution in [3.05, 3.63) is 196 Å². The molecule has 5 nitrogen and oxygen atoms in total. The highest BCUT2D eigenvalue weighted by molar-refractivity contribution is 5.94. The average Bonchev–Trinajstić information content (AvgIpc) is 3.53. The second-order valence-electron chi connectivity index (χ2n) is 15.9. The molecule has 61 heavy (non-hydrogen) atoms. The minimum absolute atomic E-state index is 0.113. The van der Waals surface area contributed by atoms with Crippen molar-refractivity contribution in [1.29, 1.82) is 0 Å². The van der Waals surface area contributed by atoms with Crippen LogP contribution in [-0.2, 0) is 24.8 Å². The van der Waals surface area contributed by atoms with Crippen molar-refractivity contribution < 1.29 is 9.84 Å². The van der Waals surface area contributed by atoms with Gasteiger partial charge in [-0.1, -0.05) is 186 Å². The van der Waals surface area contributed by atoms with E-state index in [9.17, 15) is 5.11 Å². The predicted octanol–water partition coefficient (Wildman–Crippen LogP) is 12.4. The Morgan fingerprint density at radius 3 is 2.21 bits per heavy atom. The second kappa shape index (κ2) is 20.9. The summed E-state index contributed by atoms with van der Waals surface area (Å²) in [5.74, 6) is 0.747. The number of nitrogens with two attached hydrogens (primary N) is 2. The molecule has 6 aromatic rings. The Balaban J connectivity index is 0.000000418. The van der Waals surface area contributed by atoms with E-state index in [0.29, 0.717) is 6.54 Å². The molecule has 0 saturated carbocycles. The van der Waals surface area contributed by atoms with Crippen LogP contribution < -0.4 is 16.2 Å². The molecule has 0 spiro atoms. The first kappa shape index (κ1) is 44.4. The highest BCUT2D eigenvalue weighted by Crippen LogP contribution is 2.50. The summed E-state index contributed by atoms with van der Waals surface area (Å²) < 4.78 is 6.70.